The Hall–Kier alpha value is -1.90. The molecule has 17 heavy (non-hydrogen) atoms. The summed E-state index contributed by atoms with van der Waals surface area (Å²) in [5, 5.41) is 3.39. The van der Waals surface area contributed by atoms with Crippen molar-refractivity contribution in [1.29, 1.82) is 0 Å². The fourth-order valence-electron chi connectivity index (χ4n) is 2.07. The second kappa shape index (κ2) is 4.17. The predicted molar refractivity (Wildman–Crippen MR) is 66.4 cm³/mol. The van der Waals surface area contributed by atoms with Gasteiger partial charge in [0.25, 0.3) is 0 Å². The van der Waals surface area contributed by atoms with Gasteiger partial charge >= 0.3 is 0 Å². The molecule has 2 aromatic rings. The Kier molecular flexibility index (Phi) is 2.52. The van der Waals surface area contributed by atoms with Crippen LogP contribution in [0.5, 0.6) is 5.75 Å². The lowest BCUT2D eigenvalue weighted by molar-refractivity contribution is 0.181. The number of rotatable bonds is 2. The molecular formula is C14H15NO2. The molecule has 1 aromatic heterocycles. The van der Waals surface area contributed by atoms with E-state index in [1.165, 1.54) is 5.56 Å². The Bertz CT molecular complexity index is 505. The molecule has 0 radical (unpaired) electrons. The number of hydrogen-bond donors (Lipinski definition) is 1. The molecule has 1 atom stereocenters. The molecular weight excluding hydrogens is 214 g/mol. The van der Waals surface area contributed by atoms with Crippen LogP contribution in [0.4, 0.5) is 5.69 Å². The van der Waals surface area contributed by atoms with E-state index in [0.717, 1.165) is 30.2 Å². The van der Waals surface area contributed by atoms with E-state index in [4.69, 9.17) is 9.15 Å². The molecule has 0 saturated heterocycles. The number of fused-ring (bicyclic) bond motifs is 1. The summed E-state index contributed by atoms with van der Waals surface area (Å²) in [5.74, 6) is 1.76. The van der Waals surface area contributed by atoms with Gasteiger partial charge in [0.1, 0.15) is 11.5 Å². The summed E-state index contributed by atoms with van der Waals surface area (Å²) in [6, 6.07) is 10.1. The number of ether oxygens (including phenoxy) is 1. The number of nitrogens with one attached hydrogen (secondary N) is 1. The highest BCUT2D eigenvalue weighted by molar-refractivity contribution is 5.59. The first kappa shape index (κ1) is 10.3. The lowest BCUT2D eigenvalue weighted by Crippen LogP contribution is -2.23. The van der Waals surface area contributed by atoms with E-state index in [0.29, 0.717) is 0 Å². The van der Waals surface area contributed by atoms with Gasteiger partial charge in [-0.2, -0.15) is 0 Å². The molecule has 0 spiro atoms. The van der Waals surface area contributed by atoms with Crippen LogP contribution in [0.15, 0.2) is 41.0 Å². The van der Waals surface area contributed by atoms with Crippen molar-refractivity contribution >= 4 is 5.69 Å². The van der Waals surface area contributed by atoms with Crippen LogP contribution in [0.25, 0.3) is 0 Å². The molecule has 1 aliphatic heterocycles. The topological polar surface area (TPSA) is 34.4 Å². The zero-order valence-electron chi connectivity index (χ0n) is 9.77. The fourth-order valence-corrected chi connectivity index (χ4v) is 2.07. The quantitative estimate of drug-likeness (QED) is 0.857. The van der Waals surface area contributed by atoms with Gasteiger partial charge < -0.3 is 14.5 Å². The van der Waals surface area contributed by atoms with Gasteiger partial charge in [-0.3, -0.25) is 0 Å². The third-order valence-corrected chi connectivity index (χ3v) is 3.06. The van der Waals surface area contributed by atoms with Crippen LogP contribution in [0, 0.1) is 0 Å². The van der Waals surface area contributed by atoms with Crippen molar-refractivity contribution in [2.45, 2.75) is 19.4 Å². The van der Waals surface area contributed by atoms with Crippen molar-refractivity contribution in [2.24, 2.45) is 0 Å². The first-order valence-corrected chi connectivity index (χ1v) is 5.93. The average Bonchev–Trinajstić information content (AvgIpc) is 2.91. The van der Waals surface area contributed by atoms with Crippen LogP contribution in [-0.4, -0.2) is 6.54 Å². The average molecular weight is 229 g/mol. The molecule has 88 valence electrons. The van der Waals surface area contributed by atoms with Gasteiger partial charge in [0, 0.05) is 0 Å². The third-order valence-electron chi connectivity index (χ3n) is 3.06. The lowest BCUT2D eigenvalue weighted by Gasteiger charge is -2.26. The first-order chi connectivity index (χ1) is 8.36. The summed E-state index contributed by atoms with van der Waals surface area (Å²) >= 11 is 0. The molecule has 1 unspecified atom stereocenters. The minimum absolute atomic E-state index is 0.0371. The van der Waals surface area contributed by atoms with Gasteiger partial charge in [-0.25, -0.2) is 0 Å². The zero-order chi connectivity index (χ0) is 11.7. The lowest BCUT2D eigenvalue weighted by atomic mass is 10.1. The Labute approximate surface area is 100 Å². The maximum Gasteiger partial charge on any atom is 0.173 e. The van der Waals surface area contributed by atoms with E-state index >= 15 is 0 Å². The molecule has 0 aliphatic carbocycles. The molecule has 1 aromatic carbocycles. The van der Waals surface area contributed by atoms with E-state index in [1.54, 1.807) is 6.26 Å². The van der Waals surface area contributed by atoms with Gasteiger partial charge in [-0.05, 0) is 36.2 Å². The molecule has 0 saturated carbocycles. The number of anilines is 1. The van der Waals surface area contributed by atoms with E-state index in [2.05, 4.69) is 24.4 Å². The predicted octanol–water partition coefficient (Wildman–Crippen LogP) is 3.39. The molecule has 1 N–H and O–H groups in total. The van der Waals surface area contributed by atoms with Gasteiger partial charge in [0.05, 0.1) is 18.5 Å². The van der Waals surface area contributed by atoms with E-state index in [1.807, 2.05) is 18.2 Å². The van der Waals surface area contributed by atoms with E-state index in [9.17, 15) is 0 Å². The van der Waals surface area contributed by atoms with Crippen LogP contribution in [0.2, 0.25) is 0 Å². The maximum absolute atomic E-state index is 5.92. The summed E-state index contributed by atoms with van der Waals surface area (Å²) in [4.78, 5) is 0. The molecule has 0 fully saturated rings. The zero-order valence-corrected chi connectivity index (χ0v) is 9.77. The fraction of sp³-hybridized carbons (Fsp3) is 0.286. The van der Waals surface area contributed by atoms with Crippen molar-refractivity contribution in [3.8, 4) is 5.75 Å². The third kappa shape index (κ3) is 1.88. The van der Waals surface area contributed by atoms with Crippen LogP contribution >= 0.6 is 0 Å². The van der Waals surface area contributed by atoms with E-state index < -0.39 is 0 Å². The van der Waals surface area contributed by atoms with Crippen molar-refractivity contribution in [1.82, 2.24) is 0 Å². The van der Waals surface area contributed by atoms with Gasteiger partial charge in [0.15, 0.2) is 6.10 Å². The largest absolute Gasteiger partial charge is 0.478 e. The molecule has 3 heteroatoms. The highest BCUT2D eigenvalue weighted by atomic mass is 16.5. The standard InChI is InChI=1S/C14H15NO2/c1-2-10-5-6-12-11(8-10)15-9-14(17-12)13-4-3-7-16-13/h3-8,14-15H,2,9H2,1H3. The Morgan fingerprint density at radius 3 is 3.06 bits per heavy atom. The number of furan rings is 1. The van der Waals surface area contributed by atoms with Crippen LogP contribution in [-0.2, 0) is 6.42 Å². The van der Waals surface area contributed by atoms with E-state index in [-0.39, 0.29) is 6.10 Å². The maximum atomic E-state index is 5.92. The van der Waals surface area contributed by atoms with Gasteiger partial charge in [-0.1, -0.05) is 13.0 Å². The second-order valence-corrected chi connectivity index (χ2v) is 4.19. The van der Waals surface area contributed by atoms with Crippen molar-refractivity contribution < 1.29 is 9.15 Å². The highest BCUT2D eigenvalue weighted by Crippen LogP contribution is 2.34. The van der Waals surface area contributed by atoms with Crippen molar-refractivity contribution in [3.05, 3.63) is 47.9 Å². The highest BCUT2D eigenvalue weighted by Gasteiger charge is 2.22. The Balaban J connectivity index is 1.86. The van der Waals surface area contributed by atoms with Crippen molar-refractivity contribution in [2.75, 3.05) is 11.9 Å². The SMILES string of the molecule is CCc1ccc2c(c1)NCC(c1ccco1)O2. The second-order valence-electron chi connectivity index (χ2n) is 4.19. The molecule has 2 heterocycles. The summed E-state index contributed by atoms with van der Waals surface area (Å²) in [5.41, 5.74) is 2.39. The summed E-state index contributed by atoms with van der Waals surface area (Å²) in [7, 11) is 0. The number of aryl methyl sites for hydroxylation is 1. The molecule has 1 aliphatic rings. The monoisotopic (exact) mass is 229 g/mol. The number of hydrogen-bond acceptors (Lipinski definition) is 3. The summed E-state index contributed by atoms with van der Waals surface area (Å²) < 4.78 is 11.3. The normalized spacial score (nSPS) is 18.1. The van der Waals surface area contributed by atoms with Crippen LogP contribution in [0.1, 0.15) is 24.4 Å². The van der Waals surface area contributed by atoms with Gasteiger partial charge in [0.2, 0.25) is 0 Å². The van der Waals surface area contributed by atoms with Gasteiger partial charge in [-0.15, -0.1) is 0 Å². The van der Waals surface area contributed by atoms with Crippen molar-refractivity contribution in [3.63, 3.8) is 0 Å². The Morgan fingerprint density at radius 2 is 2.29 bits per heavy atom. The minimum atomic E-state index is -0.0371. The smallest absolute Gasteiger partial charge is 0.173 e. The summed E-state index contributed by atoms with van der Waals surface area (Å²) in [6.45, 7) is 2.89. The molecule has 0 bridgehead atoms. The minimum Gasteiger partial charge on any atom is -0.478 e. The molecule has 0 amide bonds. The number of benzene rings is 1. The first-order valence-electron chi connectivity index (χ1n) is 5.93. The molecule has 3 nitrogen and oxygen atoms in total. The van der Waals surface area contributed by atoms with Crippen LogP contribution in [0.3, 0.4) is 0 Å². The summed E-state index contributed by atoms with van der Waals surface area (Å²) in [6.07, 6.45) is 2.68. The van der Waals surface area contributed by atoms with Crippen LogP contribution < -0.4 is 10.1 Å². The Morgan fingerprint density at radius 1 is 1.35 bits per heavy atom. The molecule has 3 rings (SSSR count).